The van der Waals surface area contributed by atoms with Crippen molar-refractivity contribution in [3.8, 4) is 11.8 Å². The van der Waals surface area contributed by atoms with E-state index < -0.39 is 0 Å². The first kappa shape index (κ1) is 16.8. The first-order valence-corrected chi connectivity index (χ1v) is 8.34. The largest absolute Gasteiger partial charge is 0.384 e. The van der Waals surface area contributed by atoms with E-state index in [-0.39, 0.29) is 6.61 Å². The first-order valence-electron chi connectivity index (χ1n) is 7.46. The van der Waals surface area contributed by atoms with Crippen LogP contribution in [-0.2, 0) is 13.0 Å². The van der Waals surface area contributed by atoms with E-state index >= 15 is 0 Å². The number of aliphatic hydroxyl groups is 1. The maximum absolute atomic E-state index is 8.71. The Kier molecular flexibility index (Phi) is 6.20. The standard InChI is InChI=1S/C17H23N3OS/c1-13-17(14(2)19-18-13)7-4-8-20(3)11-16-10-15(12-22-16)6-5-9-21/h10,12,21H,4,7-9,11H2,1-3H3,(H,18,19). The Morgan fingerprint density at radius 1 is 1.41 bits per heavy atom. The van der Waals surface area contributed by atoms with Crippen LogP contribution in [0.1, 0.15) is 33.8 Å². The van der Waals surface area contributed by atoms with E-state index in [4.69, 9.17) is 5.11 Å². The normalized spacial score (nSPS) is 10.8. The molecule has 0 bridgehead atoms. The number of thiophene rings is 1. The Labute approximate surface area is 136 Å². The fourth-order valence-corrected chi connectivity index (χ4v) is 3.38. The highest BCUT2D eigenvalue weighted by molar-refractivity contribution is 7.10. The molecule has 0 atom stereocenters. The molecule has 0 amide bonds. The van der Waals surface area contributed by atoms with Crippen molar-refractivity contribution in [2.75, 3.05) is 20.2 Å². The highest BCUT2D eigenvalue weighted by Crippen LogP contribution is 2.16. The number of aromatic nitrogens is 2. The summed E-state index contributed by atoms with van der Waals surface area (Å²) in [6, 6.07) is 2.11. The molecule has 22 heavy (non-hydrogen) atoms. The van der Waals surface area contributed by atoms with E-state index in [0.717, 1.165) is 37.2 Å². The average Bonchev–Trinajstić information content (AvgIpc) is 3.06. The maximum atomic E-state index is 8.71. The van der Waals surface area contributed by atoms with Crippen molar-refractivity contribution >= 4 is 11.3 Å². The first-order chi connectivity index (χ1) is 10.6. The van der Waals surface area contributed by atoms with Gasteiger partial charge in [0.05, 0.1) is 5.69 Å². The molecule has 2 aromatic rings. The van der Waals surface area contributed by atoms with Crippen molar-refractivity contribution in [2.24, 2.45) is 0 Å². The highest BCUT2D eigenvalue weighted by Gasteiger charge is 2.07. The Hall–Kier alpha value is -1.61. The average molecular weight is 317 g/mol. The number of aliphatic hydroxyl groups excluding tert-OH is 1. The van der Waals surface area contributed by atoms with E-state index in [0.29, 0.717) is 0 Å². The van der Waals surface area contributed by atoms with Crippen LogP contribution < -0.4 is 0 Å². The molecule has 4 nitrogen and oxygen atoms in total. The van der Waals surface area contributed by atoms with Gasteiger partial charge in [0.1, 0.15) is 6.61 Å². The third-order valence-corrected chi connectivity index (χ3v) is 4.56. The molecule has 0 spiro atoms. The number of H-pyrrole nitrogens is 1. The lowest BCUT2D eigenvalue weighted by Crippen LogP contribution is -2.19. The van der Waals surface area contributed by atoms with Gasteiger partial charge in [0.25, 0.3) is 0 Å². The second kappa shape index (κ2) is 8.14. The highest BCUT2D eigenvalue weighted by atomic mass is 32.1. The van der Waals surface area contributed by atoms with Crippen LogP contribution in [0.3, 0.4) is 0 Å². The van der Waals surface area contributed by atoms with Gasteiger partial charge in [0.15, 0.2) is 0 Å². The summed E-state index contributed by atoms with van der Waals surface area (Å²) in [5.41, 5.74) is 4.65. The molecule has 0 fully saturated rings. The second-order valence-corrected chi connectivity index (χ2v) is 6.51. The Morgan fingerprint density at radius 3 is 2.91 bits per heavy atom. The van der Waals surface area contributed by atoms with Crippen molar-refractivity contribution in [3.05, 3.63) is 38.8 Å². The van der Waals surface area contributed by atoms with Crippen molar-refractivity contribution in [3.63, 3.8) is 0 Å². The van der Waals surface area contributed by atoms with Crippen molar-refractivity contribution in [2.45, 2.75) is 33.2 Å². The molecule has 0 radical (unpaired) electrons. The second-order valence-electron chi connectivity index (χ2n) is 5.52. The molecular formula is C17H23N3OS. The predicted molar refractivity (Wildman–Crippen MR) is 91.0 cm³/mol. The van der Waals surface area contributed by atoms with Gasteiger partial charge in [-0.25, -0.2) is 0 Å². The topological polar surface area (TPSA) is 52.2 Å². The molecule has 5 heteroatoms. The van der Waals surface area contributed by atoms with Gasteiger partial charge in [0.2, 0.25) is 0 Å². The minimum Gasteiger partial charge on any atom is -0.384 e. The van der Waals surface area contributed by atoms with E-state index in [2.05, 4.69) is 53.9 Å². The molecule has 2 heterocycles. The van der Waals surface area contributed by atoms with Gasteiger partial charge in [-0.15, -0.1) is 11.3 Å². The van der Waals surface area contributed by atoms with Gasteiger partial charge in [-0.2, -0.15) is 5.10 Å². The summed E-state index contributed by atoms with van der Waals surface area (Å²) in [6.07, 6.45) is 2.19. The van der Waals surface area contributed by atoms with Crippen LogP contribution in [0.5, 0.6) is 0 Å². The molecular weight excluding hydrogens is 294 g/mol. The van der Waals surface area contributed by atoms with Crippen molar-refractivity contribution < 1.29 is 5.11 Å². The van der Waals surface area contributed by atoms with Crippen molar-refractivity contribution in [1.82, 2.24) is 15.1 Å². The third kappa shape index (κ3) is 4.70. The quantitative estimate of drug-likeness (QED) is 0.805. The molecule has 0 aliphatic rings. The molecule has 0 aliphatic heterocycles. The zero-order chi connectivity index (χ0) is 15.9. The third-order valence-electron chi connectivity index (χ3n) is 3.64. The lowest BCUT2D eigenvalue weighted by atomic mass is 10.1. The van der Waals surface area contributed by atoms with E-state index in [1.54, 1.807) is 11.3 Å². The zero-order valence-corrected chi connectivity index (χ0v) is 14.3. The molecule has 2 aromatic heterocycles. The Balaban J connectivity index is 1.78. The molecule has 0 aromatic carbocycles. The van der Waals surface area contributed by atoms with Crippen LogP contribution in [-0.4, -0.2) is 40.4 Å². The Morgan fingerprint density at radius 2 is 2.23 bits per heavy atom. The van der Waals surface area contributed by atoms with Gasteiger partial charge in [-0.05, 0) is 51.9 Å². The van der Waals surface area contributed by atoms with Gasteiger partial charge in [-0.1, -0.05) is 11.8 Å². The summed E-state index contributed by atoms with van der Waals surface area (Å²) in [4.78, 5) is 3.64. The number of nitrogens with zero attached hydrogens (tertiary/aromatic N) is 2. The fraction of sp³-hybridized carbons (Fsp3) is 0.471. The number of nitrogens with one attached hydrogen (secondary N) is 1. The molecule has 0 saturated heterocycles. The number of aromatic amines is 1. The van der Waals surface area contributed by atoms with Crippen molar-refractivity contribution in [1.29, 1.82) is 0 Å². The number of rotatable bonds is 6. The molecule has 2 rings (SSSR count). The van der Waals surface area contributed by atoms with E-state index in [1.165, 1.54) is 16.1 Å². The maximum Gasteiger partial charge on any atom is 0.104 e. The number of hydrogen-bond acceptors (Lipinski definition) is 4. The van der Waals surface area contributed by atoms with Crippen LogP contribution >= 0.6 is 11.3 Å². The smallest absolute Gasteiger partial charge is 0.104 e. The van der Waals surface area contributed by atoms with E-state index in [1.807, 2.05) is 5.38 Å². The summed E-state index contributed by atoms with van der Waals surface area (Å²) in [7, 11) is 2.15. The fourth-order valence-electron chi connectivity index (χ4n) is 2.48. The van der Waals surface area contributed by atoms with Crippen LogP contribution in [0.25, 0.3) is 0 Å². The molecule has 118 valence electrons. The van der Waals surface area contributed by atoms with Gasteiger partial charge >= 0.3 is 0 Å². The lowest BCUT2D eigenvalue weighted by Gasteiger charge is -2.15. The lowest BCUT2D eigenvalue weighted by molar-refractivity contribution is 0.325. The SMILES string of the molecule is Cc1n[nH]c(C)c1CCCN(C)Cc1cc(C#CCO)cs1. The number of aryl methyl sites for hydroxylation is 2. The van der Waals surface area contributed by atoms with Crippen LogP contribution in [0.2, 0.25) is 0 Å². The van der Waals surface area contributed by atoms with Gasteiger partial charge in [0, 0.05) is 28.1 Å². The summed E-state index contributed by atoms with van der Waals surface area (Å²) < 4.78 is 0. The minimum absolute atomic E-state index is 0.0854. The number of hydrogen-bond donors (Lipinski definition) is 2. The molecule has 0 unspecified atom stereocenters. The van der Waals surface area contributed by atoms with Gasteiger partial charge in [-0.3, -0.25) is 5.10 Å². The summed E-state index contributed by atoms with van der Waals surface area (Å²) in [5, 5.41) is 18.0. The molecule has 2 N–H and O–H groups in total. The van der Waals surface area contributed by atoms with Crippen LogP contribution in [0.4, 0.5) is 0 Å². The monoisotopic (exact) mass is 317 g/mol. The van der Waals surface area contributed by atoms with Gasteiger partial charge < -0.3 is 10.0 Å². The van der Waals surface area contributed by atoms with E-state index in [9.17, 15) is 0 Å². The van der Waals surface area contributed by atoms with Crippen LogP contribution in [0.15, 0.2) is 11.4 Å². The summed E-state index contributed by atoms with van der Waals surface area (Å²) >= 11 is 1.72. The molecule has 0 saturated carbocycles. The Bertz CT molecular complexity index is 643. The van der Waals surface area contributed by atoms with Crippen LogP contribution in [0, 0.1) is 25.7 Å². The molecule has 0 aliphatic carbocycles. The summed E-state index contributed by atoms with van der Waals surface area (Å²) in [5.74, 6) is 5.62. The minimum atomic E-state index is -0.0854. The predicted octanol–water partition coefficient (Wildman–Crippen LogP) is 2.50. The zero-order valence-electron chi connectivity index (χ0n) is 13.4. The summed E-state index contributed by atoms with van der Waals surface area (Å²) in [6.45, 7) is 6.05.